The number of alkyl halides is 1. The first kappa shape index (κ1) is 10.6. The number of carboxylic acid groups (broad SMARTS) is 2. The second-order valence-electron chi connectivity index (χ2n) is 1.72. The molecule has 4 N–H and O–H groups in total. The Balaban J connectivity index is 4.55. The van der Waals surface area contributed by atoms with Crippen LogP contribution in [-0.2, 0) is 9.59 Å². The number of hydrogen-bond donors (Lipinski definition) is 4. The van der Waals surface area contributed by atoms with Crippen molar-refractivity contribution in [1.29, 1.82) is 0 Å². The average Bonchev–Trinajstić information content (AvgIpc) is 1.85. The van der Waals surface area contributed by atoms with Gasteiger partial charge in [-0.1, -0.05) is 0 Å². The molecule has 0 aromatic heterocycles. The number of hydrogen-bond acceptors (Lipinski definition) is 4. The lowest BCUT2D eigenvalue weighted by molar-refractivity contribution is -0.167. The molecule has 0 rings (SSSR count). The number of aliphatic hydroxyl groups is 2. The SMILES string of the molecule is O=C(O)C(O)C(O)(I)C(=O)O. The first-order valence-corrected chi connectivity index (χ1v) is 3.43. The van der Waals surface area contributed by atoms with E-state index in [0.29, 0.717) is 0 Å². The highest BCUT2D eigenvalue weighted by Gasteiger charge is 2.45. The quantitative estimate of drug-likeness (QED) is 0.374. The zero-order valence-electron chi connectivity index (χ0n) is 5.06. The van der Waals surface area contributed by atoms with Gasteiger partial charge in [-0.15, -0.1) is 0 Å². The molecule has 6 nitrogen and oxygen atoms in total. The number of aliphatic carboxylic acids is 2. The molecule has 0 heterocycles. The van der Waals surface area contributed by atoms with Crippen molar-refractivity contribution >= 4 is 34.5 Å². The van der Waals surface area contributed by atoms with E-state index in [0.717, 1.165) is 22.6 Å². The van der Waals surface area contributed by atoms with Crippen molar-refractivity contribution in [1.82, 2.24) is 0 Å². The molecule has 0 spiro atoms. The van der Waals surface area contributed by atoms with Crippen LogP contribution in [0.3, 0.4) is 0 Å². The number of rotatable bonds is 3. The third-order valence-corrected chi connectivity index (χ3v) is 1.95. The van der Waals surface area contributed by atoms with E-state index >= 15 is 0 Å². The van der Waals surface area contributed by atoms with E-state index in [-0.39, 0.29) is 0 Å². The standard InChI is InChI=1S/C4H5IO6/c5-4(11,3(9)10)1(6)2(7)8/h1,6,11H,(H,7,8)(H,9,10). The lowest BCUT2D eigenvalue weighted by atomic mass is 10.2. The summed E-state index contributed by atoms with van der Waals surface area (Å²) in [6, 6.07) is 0. The Kier molecular flexibility index (Phi) is 3.20. The molecule has 0 fully saturated rings. The maximum absolute atomic E-state index is 10.1. The number of aliphatic hydroxyl groups excluding tert-OH is 1. The molecule has 2 unspecified atom stereocenters. The summed E-state index contributed by atoms with van der Waals surface area (Å²) in [6.45, 7) is 0. The Hall–Kier alpha value is -0.410. The molecule has 11 heavy (non-hydrogen) atoms. The smallest absolute Gasteiger partial charge is 0.349 e. The second-order valence-corrected chi connectivity index (χ2v) is 3.36. The third-order valence-electron chi connectivity index (χ3n) is 0.896. The highest BCUT2D eigenvalue weighted by molar-refractivity contribution is 14.1. The van der Waals surface area contributed by atoms with E-state index in [4.69, 9.17) is 20.4 Å². The number of carbonyl (C=O) groups is 2. The summed E-state index contributed by atoms with van der Waals surface area (Å²) in [4.78, 5) is 20.1. The van der Waals surface area contributed by atoms with Crippen LogP contribution >= 0.6 is 22.6 Å². The topological polar surface area (TPSA) is 115 Å². The monoisotopic (exact) mass is 276 g/mol. The second kappa shape index (κ2) is 3.32. The van der Waals surface area contributed by atoms with Gasteiger partial charge in [0.2, 0.25) is 9.71 Å². The summed E-state index contributed by atoms with van der Waals surface area (Å²) in [7, 11) is 0. The average molecular weight is 276 g/mol. The third kappa shape index (κ3) is 2.27. The fraction of sp³-hybridized carbons (Fsp3) is 0.500. The first-order chi connectivity index (χ1) is 4.80. The fourth-order valence-electron chi connectivity index (χ4n) is 0.281. The van der Waals surface area contributed by atoms with Crippen LogP contribution in [0.25, 0.3) is 0 Å². The van der Waals surface area contributed by atoms with Crippen LogP contribution in [0, 0.1) is 0 Å². The van der Waals surface area contributed by atoms with Crippen molar-refractivity contribution in [2.75, 3.05) is 0 Å². The highest BCUT2D eigenvalue weighted by Crippen LogP contribution is 2.20. The van der Waals surface area contributed by atoms with E-state index in [1.165, 1.54) is 0 Å². The van der Waals surface area contributed by atoms with Crippen LogP contribution < -0.4 is 0 Å². The Labute approximate surface area is 74.6 Å². The Bertz CT molecular complexity index is 187. The maximum atomic E-state index is 10.1. The molecular weight excluding hydrogens is 271 g/mol. The molecule has 0 radical (unpaired) electrons. The molecule has 7 heteroatoms. The van der Waals surface area contributed by atoms with Gasteiger partial charge in [0.15, 0.2) is 0 Å². The van der Waals surface area contributed by atoms with Gasteiger partial charge < -0.3 is 20.4 Å². The minimum atomic E-state index is -2.68. The number of carboxylic acids is 2. The van der Waals surface area contributed by atoms with Crippen LogP contribution in [-0.4, -0.2) is 42.1 Å². The van der Waals surface area contributed by atoms with Gasteiger partial charge in [0, 0.05) is 0 Å². The van der Waals surface area contributed by atoms with Gasteiger partial charge in [-0.2, -0.15) is 0 Å². The zero-order valence-corrected chi connectivity index (χ0v) is 7.22. The van der Waals surface area contributed by atoms with Gasteiger partial charge in [-0.05, 0) is 22.6 Å². The van der Waals surface area contributed by atoms with Gasteiger partial charge in [0.05, 0.1) is 0 Å². The zero-order chi connectivity index (χ0) is 9.23. The molecular formula is C4H5IO6. The van der Waals surface area contributed by atoms with Crippen LogP contribution in [0.4, 0.5) is 0 Å². The van der Waals surface area contributed by atoms with Crippen LogP contribution in [0.2, 0.25) is 0 Å². The lowest BCUT2D eigenvalue weighted by Crippen LogP contribution is -2.48. The maximum Gasteiger partial charge on any atom is 0.349 e. The highest BCUT2D eigenvalue weighted by atomic mass is 127. The fourth-order valence-corrected chi connectivity index (χ4v) is 0.547. The van der Waals surface area contributed by atoms with Gasteiger partial charge in [0.25, 0.3) is 0 Å². The van der Waals surface area contributed by atoms with Crippen molar-refractivity contribution in [2.45, 2.75) is 9.71 Å². The Morgan fingerprint density at radius 2 is 1.73 bits per heavy atom. The summed E-state index contributed by atoms with van der Waals surface area (Å²) >= 11 is 0.932. The van der Waals surface area contributed by atoms with Crippen LogP contribution in [0.5, 0.6) is 0 Å². The van der Waals surface area contributed by atoms with E-state index < -0.39 is 21.7 Å². The summed E-state index contributed by atoms with van der Waals surface area (Å²) in [5.41, 5.74) is 0. The molecule has 0 saturated heterocycles. The van der Waals surface area contributed by atoms with E-state index in [9.17, 15) is 9.59 Å². The molecule has 0 amide bonds. The number of halogens is 1. The van der Waals surface area contributed by atoms with E-state index in [2.05, 4.69) is 0 Å². The molecule has 0 aliphatic carbocycles. The van der Waals surface area contributed by atoms with Crippen LogP contribution in [0.1, 0.15) is 0 Å². The largest absolute Gasteiger partial charge is 0.479 e. The van der Waals surface area contributed by atoms with E-state index in [1.807, 2.05) is 0 Å². The summed E-state index contributed by atoms with van der Waals surface area (Å²) in [5, 5.41) is 33.6. The van der Waals surface area contributed by atoms with Crippen molar-refractivity contribution in [2.24, 2.45) is 0 Å². The predicted octanol–water partition coefficient (Wildman–Crippen LogP) is -1.36. The van der Waals surface area contributed by atoms with E-state index in [1.54, 1.807) is 0 Å². The van der Waals surface area contributed by atoms with Gasteiger partial charge >= 0.3 is 11.9 Å². The van der Waals surface area contributed by atoms with Crippen LogP contribution in [0.15, 0.2) is 0 Å². The molecule has 0 aromatic carbocycles. The molecule has 0 saturated carbocycles. The van der Waals surface area contributed by atoms with Crippen molar-refractivity contribution in [3.8, 4) is 0 Å². The minimum absolute atomic E-state index is 0.932. The van der Waals surface area contributed by atoms with Gasteiger partial charge in [-0.25, -0.2) is 9.59 Å². The molecule has 2 atom stereocenters. The predicted molar refractivity (Wildman–Crippen MR) is 40.2 cm³/mol. The molecule has 64 valence electrons. The molecule has 0 aliphatic heterocycles. The van der Waals surface area contributed by atoms with Gasteiger partial charge in [0.1, 0.15) is 0 Å². The first-order valence-electron chi connectivity index (χ1n) is 2.35. The Morgan fingerprint density at radius 3 is 1.82 bits per heavy atom. The minimum Gasteiger partial charge on any atom is -0.479 e. The van der Waals surface area contributed by atoms with Crippen molar-refractivity contribution in [3.05, 3.63) is 0 Å². The molecule has 0 aromatic rings. The summed E-state index contributed by atoms with van der Waals surface area (Å²) < 4.78 is -2.68. The van der Waals surface area contributed by atoms with Gasteiger partial charge in [-0.3, -0.25) is 0 Å². The summed E-state index contributed by atoms with van der Waals surface area (Å²) in [5.74, 6) is -3.59. The molecule has 0 bridgehead atoms. The van der Waals surface area contributed by atoms with Crippen molar-refractivity contribution < 1.29 is 30.0 Å². The Morgan fingerprint density at radius 1 is 1.36 bits per heavy atom. The van der Waals surface area contributed by atoms with Crippen molar-refractivity contribution in [3.63, 3.8) is 0 Å². The lowest BCUT2D eigenvalue weighted by Gasteiger charge is -2.18. The normalized spacial score (nSPS) is 18.5. The summed E-state index contributed by atoms with van der Waals surface area (Å²) in [6.07, 6.45) is -2.33. The molecule has 0 aliphatic rings.